The molecular formula is C19H24FN3O. The van der Waals surface area contributed by atoms with E-state index in [9.17, 15) is 9.50 Å². The van der Waals surface area contributed by atoms with Gasteiger partial charge in [-0.05, 0) is 72.7 Å². The number of nitrogens with zero attached hydrogens (tertiary/aromatic N) is 2. The fraction of sp³-hybridized carbons (Fsp3) is 0.421. The first-order valence-electron chi connectivity index (χ1n) is 8.52. The largest absolute Gasteiger partial charge is 0.396 e. The Morgan fingerprint density at radius 2 is 1.92 bits per heavy atom. The summed E-state index contributed by atoms with van der Waals surface area (Å²) in [4.78, 5) is 6.75. The Morgan fingerprint density at radius 3 is 2.62 bits per heavy atom. The number of nitrogens with two attached hydrogens (primary N) is 1. The van der Waals surface area contributed by atoms with Crippen LogP contribution in [0.5, 0.6) is 0 Å². The first kappa shape index (κ1) is 16.9. The molecule has 0 saturated carbocycles. The van der Waals surface area contributed by atoms with Gasteiger partial charge in [-0.3, -0.25) is 0 Å². The van der Waals surface area contributed by atoms with Crippen LogP contribution in [-0.4, -0.2) is 36.3 Å². The number of benzene rings is 1. The molecule has 0 aliphatic carbocycles. The molecule has 2 aromatic rings. The van der Waals surface area contributed by atoms with Crippen molar-refractivity contribution >= 4 is 5.82 Å². The Labute approximate surface area is 142 Å². The summed E-state index contributed by atoms with van der Waals surface area (Å²) in [6.07, 6.45) is 4.65. The maximum absolute atomic E-state index is 14.1. The van der Waals surface area contributed by atoms with Gasteiger partial charge in [0.05, 0.1) is 0 Å². The second-order valence-corrected chi connectivity index (χ2v) is 6.39. The molecule has 4 nitrogen and oxygen atoms in total. The standard InChI is InChI=1S/C19H24FN3O/c20-18-4-3-15(10-17(18)9-14(12-21)13-24)16-5-6-22-19(11-16)23-7-1-2-8-23/h3-6,10-11,14,24H,1-2,7-9,12-13,21H2. The fourth-order valence-electron chi connectivity index (χ4n) is 3.16. The molecule has 1 aromatic heterocycles. The Bertz CT molecular complexity index is 682. The van der Waals surface area contributed by atoms with E-state index in [-0.39, 0.29) is 18.3 Å². The highest BCUT2D eigenvalue weighted by atomic mass is 19.1. The number of aromatic nitrogens is 1. The Morgan fingerprint density at radius 1 is 1.17 bits per heavy atom. The number of aliphatic hydroxyl groups is 1. The van der Waals surface area contributed by atoms with Gasteiger partial charge in [0.1, 0.15) is 11.6 Å². The number of hydrogen-bond donors (Lipinski definition) is 2. The molecule has 2 heterocycles. The summed E-state index contributed by atoms with van der Waals surface area (Å²) in [6.45, 7) is 2.39. The normalized spacial score (nSPS) is 15.7. The van der Waals surface area contributed by atoms with Gasteiger partial charge in [-0.25, -0.2) is 9.37 Å². The van der Waals surface area contributed by atoms with Gasteiger partial charge in [0, 0.05) is 25.9 Å². The van der Waals surface area contributed by atoms with Gasteiger partial charge in [0.2, 0.25) is 0 Å². The van der Waals surface area contributed by atoms with Crippen LogP contribution in [0.1, 0.15) is 18.4 Å². The molecule has 3 N–H and O–H groups in total. The highest BCUT2D eigenvalue weighted by Crippen LogP contribution is 2.27. The summed E-state index contributed by atoms with van der Waals surface area (Å²) < 4.78 is 14.1. The predicted molar refractivity (Wildman–Crippen MR) is 94.4 cm³/mol. The van der Waals surface area contributed by atoms with Crippen LogP contribution >= 0.6 is 0 Å². The zero-order valence-corrected chi connectivity index (χ0v) is 13.8. The molecule has 1 fully saturated rings. The number of rotatable bonds is 6. The maximum Gasteiger partial charge on any atom is 0.129 e. The molecule has 3 rings (SSSR count). The summed E-state index contributed by atoms with van der Waals surface area (Å²) in [5.74, 6) is 0.609. The van der Waals surface area contributed by atoms with Gasteiger partial charge in [0.15, 0.2) is 0 Å². The van der Waals surface area contributed by atoms with Gasteiger partial charge in [-0.1, -0.05) is 6.07 Å². The molecule has 5 heteroatoms. The van der Waals surface area contributed by atoms with Crippen molar-refractivity contribution in [2.75, 3.05) is 31.1 Å². The highest BCUT2D eigenvalue weighted by Gasteiger charge is 2.15. The van der Waals surface area contributed by atoms with E-state index in [2.05, 4.69) is 16.0 Å². The number of halogens is 1. The van der Waals surface area contributed by atoms with E-state index < -0.39 is 0 Å². The van der Waals surface area contributed by atoms with E-state index in [1.54, 1.807) is 6.07 Å². The molecule has 1 aromatic carbocycles. The maximum atomic E-state index is 14.1. The van der Waals surface area contributed by atoms with Crippen LogP contribution in [0.2, 0.25) is 0 Å². The van der Waals surface area contributed by atoms with Crippen LogP contribution in [0, 0.1) is 11.7 Å². The number of hydrogen-bond acceptors (Lipinski definition) is 4. The highest BCUT2D eigenvalue weighted by molar-refractivity contribution is 5.67. The van der Waals surface area contributed by atoms with E-state index in [0.717, 1.165) is 30.0 Å². The van der Waals surface area contributed by atoms with E-state index in [4.69, 9.17) is 5.73 Å². The molecule has 24 heavy (non-hydrogen) atoms. The first-order chi connectivity index (χ1) is 11.7. The number of aliphatic hydroxyl groups excluding tert-OH is 1. The molecule has 1 aliphatic rings. The predicted octanol–water partition coefficient (Wildman–Crippen LogP) is 2.60. The lowest BCUT2D eigenvalue weighted by Gasteiger charge is -2.17. The Balaban J connectivity index is 1.87. The van der Waals surface area contributed by atoms with Gasteiger partial charge < -0.3 is 15.7 Å². The van der Waals surface area contributed by atoms with E-state index in [0.29, 0.717) is 18.5 Å². The Kier molecular flexibility index (Phi) is 5.43. The van der Waals surface area contributed by atoms with E-state index in [1.165, 1.54) is 18.9 Å². The van der Waals surface area contributed by atoms with Gasteiger partial charge >= 0.3 is 0 Å². The van der Waals surface area contributed by atoms with Crippen LogP contribution in [0.3, 0.4) is 0 Å². The average Bonchev–Trinajstić information content (AvgIpc) is 3.16. The molecule has 0 bridgehead atoms. The van der Waals surface area contributed by atoms with Gasteiger partial charge in [-0.15, -0.1) is 0 Å². The van der Waals surface area contributed by atoms with Gasteiger partial charge in [0.25, 0.3) is 0 Å². The van der Waals surface area contributed by atoms with Crippen LogP contribution in [0.15, 0.2) is 36.5 Å². The summed E-state index contributed by atoms with van der Waals surface area (Å²) in [5.41, 5.74) is 8.21. The molecule has 0 spiro atoms. The van der Waals surface area contributed by atoms with Crippen molar-refractivity contribution in [1.29, 1.82) is 0 Å². The minimum atomic E-state index is -0.250. The lowest BCUT2D eigenvalue weighted by atomic mass is 9.96. The third kappa shape index (κ3) is 3.74. The average molecular weight is 329 g/mol. The van der Waals surface area contributed by atoms with Crippen molar-refractivity contribution in [3.05, 3.63) is 47.9 Å². The molecule has 128 valence electrons. The minimum Gasteiger partial charge on any atom is -0.396 e. The molecule has 0 amide bonds. The van der Waals surface area contributed by atoms with Crippen molar-refractivity contribution in [1.82, 2.24) is 4.98 Å². The smallest absolute Gasteiger partial charge is 0.129 e. The lowest BCUT2D eigenvalue weighted by molar-refractivity contribution is 0.229. The second-order valence-electron chi connectivity index (χ2n) is 6.39. The Hall–Kier alpha value is -1.98. The summed E-state index contributed by atoms with van der Waals surface area (Å²) in [7, 11) is 0. The molecule has 0 radical (unpaired) electrons. The van der Waals surface area contributed by atoms with Crippen LogP contribution in [0.25, 0.3) is 11.1 Å². The summed E-state index contributed by atoms with van der Waals surface area (Å²) in [6, 6.07) is 9.15. The van der Waals surface area contributed by atoms with Crippen molar-refractivity contribution in [3.8, 4) is 11.1 Å². The fourth-order valence-corrected chi connectivity index (χ4v) is 3.16. The third-order valence-electron chi connectivity index (χ3n) is 4.65. The van der Waals surface area contributed by atoms with Crippen molar-refractivity contribution in [2.24, 2.45) is 11.7 Å². The molecular weight excluding hydrogens is 305 g/mol. The minimum absolute atomic E-state index is 0.0332. The van der Waals surface area contributed by atoms with Crippen molar-refractivity contribution < 1.29 is 9.50 Å². The zero-order chi connectivity index (χ0) is 16.9. The van der Waals surface area contributed by atoms with Crippen molar-refractivity contribution in [2.45, 2.75) is 19.3 Å². The van der Waals surface area contributed by atoms with E-state index in [1.807, 2.05) is 18.3 Å². The van der Waals surface area contributed by atoms with Crippen molar-refractivity contribution in [3.63, 3.8) is 0 Å². The molecule has 1 unspecified atom stereocenters. The number of anilines is 1. The molecule has 1 aliphatic heterocycles. The molecule has 1 saturated heterocycles. The quantitative estimate of drug-likeness (QED) is 0.855. The molecule has 1 atom stereocenters. The monoisotopic (exact) mass is 329 g/mol. The number of pyridine rings is 1. The van der Waals surface area contributed by atoms with Crippen LogP contribution in [0.4, 0.5) is 10.2 Å². The van der Waals surface area contributed by atoms with E-state index >= 15 is 0 Å². The summed E-state index contributed by atoms with van der Waals surface area (Å²) >= 11 is 0. The zero-order valence-electron chi connectivity index (χ0n) is 13.8. The SMILES string of the molecule is NCC(CO)Cc1cc(-c2ccnc(N3CCCC3)c2)ccc1F. The topological polar surface area (TPSA) is 62.4 Å². The summed E-state index contributed by atoms with van der Waals surface area (Å²) in [5, 5.41) is 9.31. The second kappa shape index (κ2) is 7.73. The van der Waals surface area contributed by atoms with Crippen LogP contribution < -0.4 is 10.6 Å². The third-order valence-corrected chi connectivity index (χ3v) is 4.65. The lowest BCUT2D eigenvalue weighted by Crippen LogP contribution is -2.21. The first-order valence-corrected chi connectivity index (χ1v) is 8.52. The van der Waals surface area contributed by atoms with Gasteiger partial charge in [-0.2, -0.15) is 0 Å². The van der Waals surface area contributed by atoms with Crippen LogP contribution in [-0.2, 0) is 6.42 Å².